The van der Waals surface area contributed by atoms with Gasteiger partial charge < -0.3 is 17.4 Å². The second-order valence-corrected chi connectivity index (χ2v) is 6.35. The van der Waals surface area contributed by atoms with Crippen LogP contribution in [0.15, 0.2) is 0 Å². The zero-order valence-electron chi connectivity index (χ0n) is 17.7. The van der Waals surface area contributed by atoms with Crippen molar-refractivity contribution in [3.63, 3.8) is 0 Å². The summed E-state index contributed by atoms with van der Waals surface area (Å²) in [5.74, 6) is -0.414. The SMILES string of the molecule is CCCCC(CC)COC(C)(O)OCC(CC)CCCC.[H-].[H-].[Mg+2]. The Kier molecular flexibility index (Phi) is 17.2. The first kappa shape index (κ1) is 24.9. The molecule has 4 heteroatoms. The summed E-state index contributed by atoms with van der Waals surface area (Å²) < 4.78 is 11.2. The normalized spacial score (nSPS) is 16.6. The van der Waals surface area contributed by atoms with Gasteiger partial charge in [-0.05, 0) is 24.7 Å². The van der Waals surface area contributed by atoms with Gasteiger partial charge in [-0.3, -0.25) is 0 Å². The standard InChI is InChI=1S/C18H38O3.Mg.2H/c1-6-10-12-16(8-3)14-20-18(5,19)21-15-17(9-4)13-11-7-2;;;/h16-17,19H,6-15H2,1-5H3;;;/q;+2;2*-1. The van der Waals surface area contributed by atoms with Crippen LogP contribution in [0.3, 0.4) is 0 Å². The maximum absolute atomic E-state index is 10.2. The molecule has 0 rings (SSSR count). The Labute approximate surface area is 157 Å². The Bertz CT molecular complexity index is 222. The summed E-state index contributed by atoms with van der Waals surface area (Å²) in [6.07, 6.45) is 9.36. The maximum Gasteiger partial charge on any atom is 2.00 e. The molecule has 0 bridgehead atoms. The quantitative estimate of drug-likeness (QED) is 0.362. The second-order valence-electron chi connectivity index (χ2n) is 6.35. The number of aliphatic hydroxyl groups is 1. The first-order valence-electron chi connectivity index (χ1n) is 8.99. The molecule has 22 heavy (non-hydrogen) atoms. The van der Waals surface area contributed by atoms with E-state index in [4.69, 9.17) is 9.47 Å². The average Bonchev–Trinajstić information content (AvgIpc) is 2.47. The van der Waals surface area contributed by atoms with Gasteiger partial charge in [0.05, 0.1) is 13.2 Å². The molecule has 0 spiro atoms. The van der Waals surface area contributed by atoms with Gasteiger partial charge in [-0.2, -0.15) is 0 Å². The molecule has 0 aromatic heterocycles. The van der Waals surface area contributed by atoms with Crippen molar-refractivity contribution in [3.8, 4) is 0 Å². The van der Waals surface area contributed by atoms with Crippen LogP contribution in [-0.4, -0.2) is 47.3 Å². The van der Waals surface area contributed by atoms with Crippen molar-refractivity contribution in [1.82, 2.24) is 0 Å². The van der Waals surface area contributed by atoms with Gasteiger partial charge >= 0.3 is 23.1 Å². The van der Waals surface area contributed by atoms with Crippen molar-refractivity contribution in [3.05, 3.63) is 0 Å². The molecule has 2 atom stereocenters. The van der Waals surface area contributed by atoms with Crippen molar-refractivity contribution >= 4 is 23.1 Å². The van der Waals surface area contributed by atoms with Gasteiger partial charge in [0.15, 0.2) is 0 Å². The molecule has 0 amide bonds. The van der Waals surface area contributed by atoms with Crippen LogP contribution in [0.5, 0.6) is 0 Å². The number of hydrogen-bond donors (Lipinski definition) is 1. The summed E-state index contributed by atoms with van der Waals surface area (Å²) >= 11 is 0. The fraction of sp³-hybridized carbons (Fsp3) is 1.00. The topological polar surface area (TPSA) is 38.7 Å². The van der Waals surface area contributed by atoms with E-state index in [-0.39, 0.29) is 25.9 Å². The monoisotopic (exact) mass is 328 g/mol. The molecule has 0 aliphatic carbocycles. The fourth-order valence-corrected chi connectivity index (χ4v) is 2.38. The first-order chi connectivity index (χ1) is 9.99. The van der Waals surface area contributed by atoms with Crippen LogP contribution in [0.2, 0.25) is 0 Å². The maximum atomic E-state index is 10.2. The molecule has 0 radical (unpaired) electrons. The summed E-state index contributed by atoms with van der Waals surface area (Å²) in [4.78, 5) is 0. The minimum absolute atomic E-state index is 0. The van der Waals surface area contributed by atoms with Gasteiger partial charge in [-0.25, -0.2) is 0 Å². The van der Waals surface area contributed by atoms with Gasteiger partial charge in [0, 0.05) is 6.92 Å². The van der Waals surface area contributed by atoms with E-state index in [9.17, 15) is 5.11 Å². The van der Waals surface area contributed by atoms with E-state index in [1.165, 1.54) is 25.7 Å². The van der Waals surface area contributed by atoms with Gasteiger partial charge in [0.25, 0.3) is 5.97 Å². The zero-order valence-corrected chi connectivity index (χ0v) is 17.1. The predicted molar refractivity (Wildman–Crippen MR) is 97.1 cm³/mol. The molecular formula is C18H40MgO3. The van der Waals surface area contributed by atoms with Crippen molar-refractivity contribution < 1.29 is 17.4 Å². The molecule has 0 aromatic carbocycles. The van der Waals surface area contributed by atoms with E-state index in [1.807, 2.05) is 0 Å². The van der Waals surface area contributed by atoms with Crippen LogP contribution in [0.4, 0.5) is 0 Å². The molecule has 0 fully saturated rings. The molecule has 0 aliphatic rings. The summed E-state index contributed by atoms with van der Waals surface area (Å²) in [6.45, 7) is 11.5. The Hall–Kier alpha value is 0.646. The van der Waals surface area contributed by atoms with E-state index in [1.54, 1.807) is 6.92 Å². The summed E-state index contributed by atoms with van der Waals surface area (Å²) in [5.41, 5.74) is 0. The van der Waals surface area contributed by atoms with Crippen LogP contribution in [0, 0.1) is 11.8 Å². The third kappa shape index (κ3) is 13.1. The second kappa shape index (κ2) is 15.2. The smallest absolute Gasteiger partial charge is 1.00 e. The fourth-order valence-electron chi connectivity index (χ4n) is 2.38. The van der Waals surface area contributed by atoms with Crippen molar-refractivity contribution in [2.24, 2.45) is 11.8 Å². The summed E-state index contributed by atoms with van der Waals surface area (Å²) in [7, 11) is 0. The zero-order chi connectivity index (χ0) is 16.1. The first-order valence-corrected chi connectivity index (χ1v) is 8.99. The molecule has 0 saturated heterocycles. The molecule has 0 heterocycles. The third-order valence-electron chi connectivity index (χ3n) is 4.26. The van der Waals surface area contributed by atoms with Crippen LogP contribution >= 0.6 is 0 Å². The van der Waals surface area contributed by atoms with Crippen LogP contribution in [0.1, 0.15) is 88.8 Å². The van der Waals surface area contributed by atoms with E-state index >= 15 is 0 Å². The average molecular weight is 329 g/mol. The Morgan fingerprint density at radius 3 is 1.50 bits per heavy atom. The summed E-state index contributed by atoms with van der Waals surface area (Å²) in [6, 6.07) is 0. The molecule has 1 N–H and O–H groups in total. The molecule has 132 valence electrons. The minimum Gasteiger partial charge on any atom is -1.00 e. The van der Waals surface area contributed by atoms with Gasteiger partial charge in [-0.15, -0.1) is 0 Å². The Morgan fingerprint density at radius 2 is 1.23 bits per heavy atom. The molecule has 2 unspecified atom stereocenters. The number of rotatable bonds is 14. The Morgan fingerprint density at radius 1 is 0.864 bits per heavy atom. The van der Waals surface area contributed by atoms with Crippen LogP contribution < -0.4 is 0 Å². The molecule has 0 aromatic rings. The van der Waals surface area contributed by atoms with Gasteiger partial charge in [0.2, 0.25) is 0 Å². The minimum atomic E-state index is -1.45. The van der Waals surface area contributed by atoms with E-state index in [0.29, 0.717) is 25.0 Å². The van der Waals surface area contributed by atoms with Gasteiger partial charge in [0.1, 0.15) is 0 Å². The Balaban J connectivity index is -0.000000667. The molecular weight excluding hydrogens is 288 g/mol. The van der Waals surface area contributed by atoms with E-state index in [0.717, 1.165) is 25.7 Å². The van der Waals surface area contributed by atoms with E-state index in [2.05, 4.69) is 27.7 Å². The number of hydrogen-bond acceptors (Lipinski definition) is 3. The van der Waals surface area contributed by atoms with Crippen LogP contribution in [-0.2, 0) is 9.47 Å². The van der Waals surface area contributed by atoms with E-state index < -0.39 is 5.97 Å². The molecule has 0 aliphatic heterocycles. The largest absolute Gasteiger partial charge is 2.00 e. The molecule has 0 saturated carbocycles. The van der Waals surface area contributed by atoms with Crippen molar-refractivity contribution in [2.75, 3.05) is 13.2 Å². The van der Waals surface area contributed by atoms with Crippen LogP contribution in [0.25, 0.3) is 0 Å². The third-order valence-corrected chi connectivity index (χ3v) is 4.26. The molecule has 3 nitrogen and oxygen atoms in total. The predicted octanol–water partition coefficient (Wildman–Crippen LogP) is 4.96. The number of unbranched alkanes of at least 4 members (excludes halogenated alkanes) is 2. The summed E-state index contributed by atoms with van der Waals surface area (Å²) in [5, 5.41) is 10.2. The van der Waals surface area contributed by atoms with Crippen molar-refractivity contribution in [2.45, 2.75) is 92.0 Å². The van der Waals surface area contributed by atoms with Gasteiger partial charge in [-0.1, -0.05) is 66.2 Å². The number of ether oxygens (including phenoxy) is 2. The van der Waals surface area contributed by atoms with Crippen molar-refractivity contribution in [1.29, 1.82) is 0 Å².